The van der Waals surface area contributed by atoms with E-state index in [4.69, 9.17) is 14.2 Å². The number of nitrogens with one attached hydrogen (secondary N) is 2. The summed E-state index contributed by atoms with van der Waals surface area (Å²) in [6.45, 7) is 3.23. The first-order valence-electron chi connectivity index (χ1n) is 10.7. The van der Waals surface area contributed by atoms with Gasteiger partial charge in [0.15, 0.2) is 18.1 Å². The smallest absolute Gasteiger partial charge is 0.311 e. The van der Waals surface area contributed by atoms with Crippen molar-refractivity contribution >= 4 is 45.3 Å². The molecule has 11 heteroatoms. The molecule has 10 nitrogen and oxygen atoms in total. The number of carbonyl (C=O) groups excluding carboxylic acids is 4. The number of hydrogen-bond acceptors (Lipinski definition) is 7. The van der Waals surface area contributed by atoms with Crippen LogP contribution in [-0.4, -0.2) is 56.1 Å². The topological polar surface area (TPSA) is 123 Å². The number of ether oxygens (including phenoxy) is 3. The minimum atomic E-state index is -0.808. The number of amides is 3. The number of hydrogen-bond donors (Lipinski definition) is 2. The van der Waals surface area contributed by atoms with Gasteiger partial charge in [-0.2, -0.15) is 0 Å². The van der Waals surface area contributed by atoms with Crippen LogP contribution in [0.3, 0.4) is 0 Å². The molecule has 1 heterocycles. The highest BCUT2D eigenvalue weighted by Gasteiger charge is 2.36. The Hall–Kier alpha value is -3.60. The maximum absolute atomic E-state index is 12.6. The second-order valence-electron chi connectivity index (χ2n) is 7.92. The molecule has 2 aromatic carbocycles. The van der Waals surface area contributed by atoms with Gasteiger partial charge in [-0.15, -0.1) is 0 Å². The quantitative estimate of drug-likeness (QED) is 0.487. The molecule has 0 saturated carbocycles. The molecular weight excluding hydrogens is 522 g/mol. The number of halogens is 1. The van der Waals surface area contributed by atoms with Crippen LogP contribution in [0.5, 0.6) is 11.5 Å². The lowest BCUT2D eigenvalue weighted by atomic mass is 10.1. The van der Waals surface area contributed by atoms with E-state index in [0.717, 1.165) is 20.6 Å². The zero-order valence-electron chi connectivity index (χ0n) is 19.8. The molecule has 0 unspecified atom stereocenters. The monoisotopic (exact) mass is 547 g/mol. The number of carbonyl (C=O) groups is 4. The molecule has 0 aromatic heterocycles. The number of rotatable bonds is 8. The summed E-state index contributed by atoms with van der Waals surface area (Å²) in [5.41, 5.74) is 5.23. The van der Waals surface area contributed by atoms with Crippen LogP contribution >= 0.6 is 15.9 Å². The SMILES string of the molecule is COc1ccc(C(=O)NN2C[C@H](C(=O)OCC(=O)Nc3ccc(Br)c(C)c3C)CC2=O)cc1OC. The molecular formula is C24H26BrN3O7. The molecule has 0 aliphatic carbocycles. The van der Waals surface area contributed by atoms with Gasteiger partial charge in [0.1, 0.15) is 0 Å². The van der Waals surface area contributed by atoms with Crippen LogP contribution in [-0.2, 0) is 19.1 Å². The summed E-state index contributed by atoms with van der Waals surface area (Å²) in [5.74, 6) is -2.16. The lowest BCUT2D eigenvalue weighted by Gasteiger charge is -2.18. The van der Waals surface area contributed by atoms with E-state index >= 15 is 0 Å². The maximum atomic E-state index is 12.6. The average Bonchev–Trinajstić information content (AvgIpc) is 3.22. The van der Waals surface area contributed by atoms with Gasteiger partial charge in [-0.05, 0) is 55.3 Å². The van der Waals surface area contributed by atoms with Gasteiger partial charge in [0.2, 0.25) is 5.91 Å². The molecule has 2 N–H and O–H groups in total. The summed E-state index contributed by atoms with van der Waals surface area (Å²) < 4.78 is 16.4. The van der Waals surface area contributed by atoms with Gasteiger partial charge in [-0.25, -0.2) is 0 Å². The van der Waals surface area contributed by atoms with E-state index in [1.165, 1.54) is 26.4 Å². The van der Waals surface area contributed by atoms with Crippen LogP contribution in [0, 0.1) is 19.8 Å². The fourth-order valence-corrected chi connectivity index (χ4v) is 3.93. The first-order chi connectivity index (χ1) is 16.6. The maximum Gasteiger partial charge on any atom is 0.311 e. The van der Waals surface area contributed by atoms with E-state index in [2.05, 4.69) is 26.7 Å². The molecule has 0 spiro atoms. The predicted molar refractivity (Wildman–Crippen MR) is 130 cm³/mol. The number of nitrogens with zero attached hydrogens (tertiary/aromatic N) is 1. The van der Waals surface area contributed by atoms with Crippen molar-refractivity contribution in [3.63, 3.8) is 0 Å². The van der Waals surface area contributed by atoms with Gasteiger partial charge in [0, 0.05) is 22.1 Å². The molecule has 1 atom stereocenters. The molecule has 1 fully saturated rings. The van der Waals surface area contributed by atoms with Crippen molar-refractivity contribution in [1.82, 2.24) is 10.4 Å². The van der Waals surface area contributed by atoms with Crippen LogP contribution in [0.4, 0.5) is 5.69 Å². The Labute approximate surface area is 211 Å². The Morgan fingerprint density at radius 2 is 1.77 bits per heavy atom. The minimum absolute atomic E-state index is 0.0661. The molecule has 1 aliphatic rings. The van der Waals surface area contributed by atoms with Crippen molar-refractivity contribution in [3.8, 4) is 11.5 Å². The molecule has 186 valence electrons. The first-order valence-corrected chi connectivity index (χ1v) is 11.5. The highest BCUT2D eigenvalue weighted by molar-refractivity contribution is 9.10. The number of methoxy groups -OCH3 is 2. The number of esters is 1. The first kappa shape index (κ1) is 26.0. The van der Waals surface area contributed by atoms with Crippen molar-refractivity contribution < 1.29 is 33.4 Å². The molecule has 1 aliphatic heterocycles. The number of anilines is 1. The van der Waals surface area contributed by atoms with Crippen LogP contribution < -0.4 is 20.2 Å². The minimum Gasteiger partial charge on any atom is -0.493 e. The Morgan fingerprint density at radius 1 is 1.06 bits per heavy atom. The summed E-state index contributed by atoms with van der Waals surface area (Å²) in [6, 6.07) is 8.14. The van der Waals surface area contributed by atoms with Gasteiger partial charge in [-0.1, -0.05) is 15.9 Å². The Morgan fingerprint density at radius 3 is 2.46 bits per heavy atom. The largest absolute Gasteiger partial charge is 0.493 e. The summed E-state index contributed by atoms with van der Waals surface area (Å²) >= 11 is 3.43. The molecule has 0 radical (unpaired) electrons. The van der Waals surface area contributed by atoms with Crippen molar-refractivity contribution in [1.29, 1.82) is 0 Å². The molecule has 3 rings (SSSR count). The molecule has 2 aromatic rings. The zero-order valence-corrected chi connectivity index (χ0v) is 21.4. The third-order valence-electron chi connectivity index (χ3n) is 5.68. The van der Waals surface area contributed by atoms with E-state index in [-0.39, 0.29) is 18.5 Å². The van der Waals surface area contributed by atoms with E-state index in [0.29, 0.717) is 17.2 Å². The molecule has 35 heavy (non-hydrogen) atoms. The van der Waals surface area contributed by atoms with Crippen molar-refractivity contribution in [2.75, 3.05) is 32.7 Å². The molecule has 1 saturated heterocycles. The lowest BCUT2D eigenvalue weighted by molar-refractivity contribution is -0.151. The van der Waals surface area contributed by atoms with Crippen molar-refractivity contribution in [2.45, 2.75) is 20.3 Å². The predicted octanol–water partition coefficient (Wildman–Crippen LogP) is 2.76. The zero-order chi connectivity index (χ0) is 25.7. The lowest BCUT2D eigenvalue weighted by Crippen LogP contribution is -2.43. The van der Waals surface area contributed by atoms with Crippen LogP contribution in [0.25, 0.3) is 0 Å². The standard InChI is InChI=1S/C24H26BrN3O7/c1-13-14(2)18(7-6-17(13)25)26-21(29)12-35-24(32)16-10-22(30)28(11-16)27-23(31)15-5-8-19(33-3)20(9-15)34-4/h5-9,16H,10-12H2,1-4H3,(H,26,29)(H,27,31)/t16-/m1/s1. The van der Waals surface area contributed by atoms with E-state index in [1.54, 1.807) is 12.1 Å². The molecule has 3 amide bonds. The summed E-state index contributed by atoms with van der Waals surface area (Å²) in [7, 11) is 2.92. The van der Waals surface area contributed by atoms with Crippen molar-refractivity contribution in [2.24, 2.45) is 5.92 Å². The van der Waals surface area contributed by atoms with E-state index in [9.17, 15) is 19.2 Å². The number of hydrazine groups is 1. The Bertz CT molecular complexity index is 1170. The Balaban J connectivity index is 1.53. The second kappa shape index (κ2) is 11.2. The van der Waals surface area contributed by atoms with Gasteiger partial charge < -0.3 is 19.5 Å². The van der Waals surface area contributed by atoms with E-state index < -0.39 is 36.2 Å². The van der Waals surface area contributed by atoms with E-state index in [1.807, 2.05) is 19.9 Å². The highest BCUT2D eigenvalue weighted by Crippen LogP contribution is 2.28. The fourth-order valence-electron chi connectivity index (χ4n) is 3.50. The third kappa shape index (κ3) is 6.10. The number of benzene rings is 2. The summed E-state index contributed by atoms with van der Waals surface area (Å²) in [6.07, 6.45) is -0.141. The Kier molecular flexibility index (Phi) is 8.34. The van der Waals surface area contributed by atoms with Crippen LogP contribution in [0.15, 0.2) is 34.8 Å². The van der Waals surface area contributed by atoms with Gasteiger partial charge in [0.25, 0.3) is 11.8 Å². The summed E-state index contributed by atoms with van der Waals surface area (Å²) in [4.78, 5) is 49.6. The van der Waals surface area contributed by atoms with Gasteiger partial charge in [-0.3, -0.25) is 29.6 Å². The van der Waals surface area contributed by atoms with Gasteiger partial charge >= 0.3 is 5.97 Å². The second-order valence-corrected chi connectivity index (χ2v) is 8.77. The third-order valence-corrected chi connectivity index (χ3v) is 6.54. The normalized spacial score (nSPS) is 14.9. The summed E-state index contributed by atoms with van der Waals surface area (Å²) in [5, 5.41) is 3.78. The fraction of sp³-hybridized carbons (Fsp3) is 0.333. The molecule has 0 bridgehead atoms. The van der Waals surface area contributed by atoms with Gasteiger partial charge in [0.05, 0.1) is 26.7 Å². The van der Waals surface area contributed by atoms with Crippen LogP contribution in [0.2, 0.25) is 0 Å². The van der Waals surface area contributed by atoms with Crippen LogP contribution in [0.1, 0.15) is 27.9 Å². The van der Waals surface area contributed by atoms with Crippen molar-refractivity contribution in [3.05, 3.63) is 51.5 Å². The average molecular weight is 548 g/mol. The highest BCUT2D eigenvalue weighted by atomic mass is 79.9.